The van der Waals surface area contributed by atoms with Gasteiger partial charge in [0.15, 0.2) is 0 Å². The maximum absolute atomic E-state index is 10.3. The zero-order valence-electron chi connectivity index (χ0n) is 9.32. The van der Waals surface area contributed by atoms with Gasteiger partial charge in [-0.25, -0.2) is 9.97 Å². The van der Waals surface area contributed by atoms with Crippen molar-refractivity contribution in [2.45, 2.75) is 18.4 Å². The van der Waals surface area contributed by atoms with Crippen molar-refractivity contribution in [3.63, 3.8) is 0 Å². The van der Waals surface area contributed by atoms with Crippen LogP contribution in [0, 0.1) is 0 Å². The van der Waals surface area contributed by atoms with E-state index in [0.717, 1.165) is 0 Å². The van der Waals surface area contributed by atoms with E-state index < -0.39 is 5.60 Å². The first-order valence-electron chi connectivity index (χ1n) is 5.41. The summed E-state index contributed by atoms with van der Waals surface area (Å²) in [6.07, 6.45) is 2.63. The topological polar surface area (TPSA) is 93.3 Å². The molecule has 0 saturated carbocycles. The number of anilines is 2. The van der Waals surface area contributed by atoms with Crippen molar-refractivity contribution in [3.05, 3.63) is 10.8 Å². The van der Waals surface area contributed by atoms with Crippen molar-refractivity contribution in [1.29, 1.82) is 0 Å². The number of aromatic nitrogens is 2. The van der Waals surface area contributed by atoms with Crippen LogP contribution in [0.5, 0.6) is 0 Å². The summed E-state index contributed by atoms with van der Waals surface area (Å²) in [5.74, 6) is 0.971. The fourth-order valence-corrected chi connectivity index (χ4v) is 2.03. The van der Waals surface area contributed by atoms with E-state index >= 15 is 0 Å². The van der Waals surface area contributed by atoms with Crippen molar-refractivity contribution in [1.82, 2.24) is 9.97 Å². The highest BCUT2D eigenvalue weighted by atomic mass is 79.9. The summed E-state index contributed by atoms with van der Waals surface area (Å²) in [5.41, 5.74) is 4.90. The number of aliphatic hydroxyl groups is 1. The van der Waals surface area contributed by atoms with Gasteiger partial charge in [-0.1, -0.05) is 0 Å². The Bertz CT molecular complexity index is 396. The molecule has 0 radical (unpaired) electrons. The van der Waals surface area contributed by atoms with Gasteiger partial charge < -0.3 is 20.9 Å². The molecule has 0 atom stereocenters. The Morgan fingerprint density at radius 2 is 2.18 bits per heavy atom. The summed E-state index contributed by atoms with van der Waals surface area (Å²) in [6.45, 7) is 1.60. The molecule has 0 aliphatic carbocycles. The molecule has 1 aliphatic rings. The van der Waals surface area contributed by atoms with Crippen molar-refractivity contribution in [3.8, 4) is 0 Å². The van der Waals surface area contributed by atoms with Crippen LogP contribution in [0.2, 0.25) is 0 Å². The Labute approximate surface area is 108 Å². The van der Waals surface area contributed by atoms with Crippen molar-refractivity contribution < 1.29 is 9.84 Å². The van der Waals surface area contributed by atoms with E-state index in [0.29, 0.717) is 48.7 Å². The van der Waals surface area contributed by atoms with Crippen LogP contribution in [0.3, 0.4) is 0 Å². The van der Waals surface area contributed by atoms with Crippen LogP contribution in [-0.4, -0.2) is 40.4 Å². The van der Waals surface area contributed by atoms with E-state index in [1.165, 1.54) is 6.33 Å². The number of rotatable bonds is 3. The summed E-state index contributed by atoms with van der Waals surface area (Å²) in [5, 5.41) is 13.3. The van der Waals surface area contributed by atoms with Gasteiger partial charge in [-0.15, -0.1) is 0 Å². The highest BCUT2D eigenvalue weighted by molar-refractivity contribution is 9.10. The van der Waals surface area contributed by atoms with E-state index in [2.05, 4.69) is 31.2 Å². The summed E-state index contributed by atoms with van der Waals surface area (Å²) in [6, 6.07) is 0. The smallest absolute Gasteiger partial charge is 0.146 e. The minimum absolute atomic E-state index is 0.376. The molecule has 2 heterocycles. The molecular formula is C10H15BrN4O2. The minimum Gasteiger partial charge on any atom is -0.388 e. The number of nitrogens with one attached hydrogen (secondary N) is 1. The van der Waals surface area contributed by atoms with E-state index in [-0.39, 0.29) is 0 Å². The third-order valence-corrected chi connectivity index (χ3v) is 3.61. The molecule has 2 rings (SSSR count). The minimum atomic E-state index is -0.739. The normalized spacial score (nSPS) is 18.9. The molecule has 1 fully saturated rings. The molecule has 7 heteroatoms. The number of nitrogens with two attached hydrogens (primary N) is 1. The van der Waals surface area contributed by atoms with Gasteiger partial charge in [-0.05, 0) is 15.9 Å². The molecule has 1 aromatic heterocycles. The van der Waals surface area contributed by atoms with Gasteiger partial charge in [-0.2, -0.15) is 0 Å². The van der Waals surface area contributed by atoms with Crippen LogP contribution in [0.25, 0.3) is 0 Å². The first kappa shape index (κ1) is 12.5. The molecule has 1 aliphatic heterocycles. The average Bonchev–Trinajstić information content (AvgIpc) is 2.32. The van der Waals surface area contributed by atoms with Crippen LogP contribution >= 0.6 is 15.9 Å². The van der Waals surface area contributed by atoms with Crippen LogP contribution in [-0.2, 0) is 4.74 Å². The van der Waals surface area contributed by atoms with E-state index in [1.54, 1.807) is 0 Å². The van der Waals surface area contributed by atoms with E-state index in [1.807, 2.05) is 0 Å². The van der Waals surface area contributed by atoms with Gasteiger partial charge in [0.1, 0.15) is 22.4 Å². The molecule has 17 heavy (non-hydrogen) atoms. The Hall–Kier alpha value is -0.920. The van der Waals surface area contributed by atoms with Crippen LogP contribution in [0.4, 0.5) is 11.6 Å². The summed E-state index contributed by atoms with van der Waals surface area (Å²) in [4.78, 5) is 7.91. The second-order valence-electron chi connectivity index (χ2n) is 4.11. The second-order valence-corrected chi connectivity index (χ2v) is 4.90. The monoisotopic (exact) mass is 302 g/mol. The molecule has 4 N–H and O–H groups in total. The molecule has 0 aromatic carbocycles. The molecule has 0 unspecified atom stereocenters. The van der Waals surface area contributed by atoms with Crippen LogP contribution < -0.4 is 11.1 Å². The maximum atomic E-state index is 10.3. The van der Waals surface area contributed by atoms with Gasteiger partial charge >= 0.3 is 0 Å². The van der Waals surface area contributed by atoms with Gasteiger partial charge in [0, 0.05) is 32.6 Å². The van der Waals surface area contributed by atoms with Gasteiger partial charge in [0.25, 0.3) is 0 Å². The Kier molecular flexibility index (Phi) is 3.80. The molecule has 0 amide bonds. The predicted molar refractivity (Wildman–Crippen MR) is 67.6 cm³/mol. The van der Waals surface area contributed by atoms with Gasteiger partial charge in [0.2, 0.25) is 0 Å². The summed E-state index contributed by atoms with van der Waals surface area (Å²) < 4.78 is 5.84. The quantitative estimate of drug-likeness (QED) is 0.764. The summed E-state index contributed by atoms with van der Waals surface area (Å²) in [7, 11) is 0. The number of ether oxygens (including phenoxy) is 1. The number of nitrogen functional groups attached to an aromatic ring is 1. The Morgan fingerprint density at radius 3 is 2.88 bits per heavy atom. The first-order valence-corrected chi connectivity index (χ1v) is 6.20. The SMILES string of the molecule is Nc1ncnc(NCC2(O)CCOCC2)c1Br. The zero-order chi connectivity index (χ0) is 12.3. The van der Waals surface area contributed by atoms with E-state index in [4.69, 9.17) is 10.5 Å². The maximum Gasteiger partial charge on any atom is 0.146 e. The third-order valence-electron chi connectivity index (χ3n) is 2.82. The first-order chi connectivity index (χ1) is 8.11. The average molecular weight is 303 g/mol. The van der Waals surface area contributed by atoms with Crippen molar-refractivity contribution in [2.24, 2.45) is 0 Å². The number of hydrogen-bond donors (Lipinski definition) is 3. The van der Waals surface area contributed by atoms with E-state index in [9.17, 15) is 5.11 Å². The highest BCUT2D eigenvalue weighted by Gasteiger charge is 2.29. The molecule has 1 aromatic rings. The van der Waals surface area contributed by atoms with Gasteiger partial charge in [-0.3, -0.25) is 0 Å². The zero-order valence-corrected chi connectivity index (χ0v) is 10.9. The van der Waals surface area contributed by atoms with Crippen molar-refractivity contribution in [2.75, 3.05) is 30.8 Å². The lowest BCUT2D eigenvalue weighted by atomic mass is 9.94. The number of hydrogen-bond acceptors (Lipinski definition) is 6. The standard InChI is InChI=1S/C10H15BrN4O2/c11-7-8(12)14-6-15-9(7)13-5-10(16)1-3-17-4-2-10/h6,16H,1-5H2,(H3,12,13,14,15). The lowest BCUT2D eigenvalue weighted by molar-refractivity contribution is -0.0543. The molecular weight excluding hydrogens is 288 g/mol. The molecule has 1 saturated heterocycles. The predicted octanol–water partition coefficient (Wildman–Crippen LogP) is 0.775. The van der Waals surface area contributed by atoms with Crippen LogP contribution in [0.15, 0.2) is 10.8 Å². The number of nitrogens with zero attached hydrogens (tertiary/aromatic N) is 2. The molecule has 0 bridgehead atoms. The van der Waals surface area contributed by atoms with Crippen LogP contribution in [0.1, 0.15) is 12.8 Å². The molecule has 6 nitrogen and oxygen atoms in total. The Balaban J connectivity index is 1.99. The van der Waals surface area contributed by atoms with Gasteiger partial charge in [0.05, 0.1) is 5.60 Å². The fraction of sp³-hybridized carbons (Fsp3) is 0.600. The lowest BCUT2D eigenvalue weighted by Crippen LogP contribution is -2.42. The second kappa shape index (κ2) is 5.16. The molecule has 94 valence electrons. The third kappa shape index (κ3) is 3.05. The summed E-state index contributed by atoms with van der Waals surface area (Å²) >= 11 is 3.30. The van der Waals surface area contributed by atoms with Crippen molar-refractivity contribution >= 4 is 27.6 Å². The largest absolute Gasteiger partial charge is 0.388 e. The Morgan fingerprint density at radius 1 is 1.47 bits per heavy atom. The highest BCUT2D eigenvalue weighted by Crippen LogP contribution is 2.26. The number of halogens is 1. The fourth-order valence-electron chi connectivity index (χ4n) is 1.68. The lowest BCUT2D eigenvalue weighted by Gasteiger charge is -2.32. The molecule has 0 spiro atoms.